The highest BCUT2D eigenvalue weighted by atomic mass is 16.6. The van der Waals surface area contributed by atoms with Gasteiger partial charge >= 0.3 is 11.9 Å². The topological polar surface area (TPSA) is 72.8 Å². The van der Waals surface area contributed by atoms with Gasteiger partial charge < -0.3 is 14.6 Å². The molecule has 5 nitrogen and oxygen atoms in total. The van der Waals surface area contributed by atoms with Crippen molar-refractivity contribution in [1.82, 2.24) is 0 Å². The van der Waals surface area contributed by atoms with Crippen molar-refractivity contribution >= 4 is 11.9 Å². The molecule has 0 spiro atoms. The Bertz CT molecular complexity index is 668. The third kappa shape index (κ3) is 4.10. The Morgan fingerprint density at radius 3 is 2.76 bits per heavy atom. The van der Waals surface area contributed by atoms with Crippen LogP contribution in [0.15, 0.2) is 47.1 Å². The Labute approximate surface area is 148 Å². The quantitative estimate of drug-likeness (QED) is 0.473. The molecule has 0 bridgehead atoms. The standard InChI is InChI=1S/C20H26O5/c1-6-12(3)19(22)25-18-13(4)9-7-8-11(2)10-15-16(17(18)21)14(5)20(23)24-15/h6,9-10,15-18,21H,5,7-8H2,1-4H3/b11-10+,12-6+,13-9+/t15-,16-,17+,18+/m0/s1. The van der Waals surface area contributed by atoms with Gasteiger partial charge in [0.25, 0.3) is 0 Å². The van der Waals surface area contributed by atoms with E-state index >= 15 is 0 Å². The highest BCUT2D eigenvalue weighted by Gasteiger charge is 2.46. The first-order valence-corrected chi connectivity index (χ1v) is 8.52. The predicted molar refractivity (Wildman–Crippen MR) is 94.6 cm³/mol. The van der Waals surface area contributed by atoms with Gasteiger partial charge in [0.05, 0.1) is 5.92 Å². The summed E-state index contributed by atoms with van der Waals surface area (Å²) in [5, 5.41) is 10.9. The molecule has 0 radical (unpaired) electrons. The Morgan fingerprint density at radius 2 is 2.12 bits per heavy atom. The molecule has 25 heavy (non-hydrogen) atoms. The van der Waals surface area contributed by atoms with Gasteiger partial charge in [-0.05, 0) is 52.2 Å². The number of rotatable bonds is 2. The second kappa shape index (κ2) is 7.83. The summed E-state index contributed by atoms with van der Waals surface area (Å²) < 4.78 is 10.9. The molecule has 2 aliphatic rings. The fourth-order valence-corrected chi connectivity index (χ4v) is 3.10. The van der Waals surface area contributed by atoms with Gasteiger partial charge in [0.2, 0.25) is 0 Å². The summed E-state index contributed by atoms with van der Waals surface area (Å²) >= 11 is 0. The fraction of sp³-hybridized carbons (Fsp3) is 0.500. The molecule has 0 aromatic carbocycles. The minimum absolute atomic E-state index is 0.207. The second-order valence-corrected chi connectivity index (χ2v) is 6.71. The first kappa shape index (κ1) is 19.2. The van der Waals surface area contributed by atoms with E-state index in [1.54, 1.807) is 19.9 Å². The molecule has 1 heterocycles. The van der Waals surface area contributed by atoms with Crippen LogP contribution in [-0.2, 0) is 19.1 Å². The minimum atomic E-state index is -1.11. The average Bonchev–Trinajstić information content (AvgIpc) is 2.84. The Morgan fingerprint density at radius 1 is 1.44 bits per heavy atom. The van der Waals surface area contributed by atoms with Gasteiger partial charge in [0, 0.05) is 11.1 Å². The number of fused-ring (bicyclic) bond motifs is 1. The summed E-state index contributed by atoms with van der Waals surface area (Å²) in [6, 6.07) is 0. The van der Waals surface area contributed by atoms with Crippen molar-refractivity contribution in [1.29, 1.82) is 0 Å². The van der Waals surface area contributed by atoms with Gasteiger partial charge in [-0.2, -0.15) is 0 Å². The van der Waals surface area contributed by atoms with Crippen molar-refractivity contribution in [3.05, 3.63) is 47.1 Å². The molecule has 1 aliphatic carbocycles. The van der Waals surface area contributed by atoms with E-state index in [1.165, 1.54) is 0 Å². The Balaban J connectivity index is 2.40. The lowest BCUT2D eigenvalue weighted by atomic mass is 9.84. The highest BCUT2D eigenvalue weighted by molar-refractivity contribution is 5.91. The molecule has 0 aromatic rings. The van der Waals surface area contributed by atoms with Crippen molar-refractivity contribution in [2.75, 3.05) is 0 Å². The number of hydrogen-bond acceptors (Lipinski definition) is 5. The number of hydrogen-bond donors (Lipinski definition) is 1. The molecule has 1 saturated heterocycles. The van der Waals surface area contributed by atoms with Crippen LogP contribution in [0.4, 0.5) is 0 Å². The van der Waals surface area contributed by atoms with Crippen LogP contribution < -0.4 is 0 Å². The lowest BCUT2D eigenvalue weighted by molar-refractivity contribution is -0.150. The summed E-state index contributed by atoms with van der Waals surface area (Å²) in [6.07, 6.45) is 4.47. The number of carbonyl (C=O) groups excluding carboxylic acids is 2. The monoisotopic (exact) mass is 346 g/mol. The molecule has 1 fully saturated rings. The maximum absolute atomic E-state index is 12.2. The zero-order valence-electron chi connectivity index (χ0n) is 15.2. The van der Waals surface area contributed by atoms with Crippen LogP contribution in [0.2, 0.25) is 0 Å². The molecule has 1 aliphatic heterocycles. The average molecular weight is 346 g/mol. The maximum atomic E-state index is 12.2. The minimum Gasteiger partial charge on any atom is -0.454 e. The lowest BCUT2D eigenvalue weighted by Gasteiger charge is -2.30. The van der Waals surface area contributed by atoms with Crippen molar-refractivity contribution < 1.29 is 24.2 Å². The maximum Gasteiger partial charge on any atom is 0.334 e. The zero-order valence-corrected chi connectivity index (χ0v) is 15.2. The molecule has 0 aromatic heterocycles. The second-order valence-electron chi connectivity index (χ2n) is 6.71. The number of aliphatic hydroxyl groups excluding tert-OH is 1. The van der Waals surface area contributed by atoms with Crippen LogP contribution in [-0.4, -0.2) is 35.4 Å². The third-order valence-electron chi connectivity index (χ3n) is 4.83. The molecular weight excluding hydrogens is 320 g/mol. The van der Waals surface area contributed by atoms with Crippen LogP contribution in [0.5, 0.6) is 0 Å². The predicted octanol–water partition coefficient (Wildman–Crippen LogP) is 3.01. The van der Waals surface area contributed by atoms with E-state index in [0.717, 1.165) is 24.0 Å². The summed E-state index contributed by atoms with van der Waals surface area (Å²) in [7, 11) is 0. The summed E-state index contributed by atoms with van der Waals surface area (Å²) in [5.41, 5.74) is 2.50. The van der Waals surface area contributed by atoms with Crippen LogP contribution in [0, 0.1) is 5.92 Å². The SMILES string of the molecule is C=C1C(=O)O[C@H]2/C=C(\C)CC/C=C(\C)[C@@H](OC(=O)/C(C)=C/C)[C@H](O)[C@@H]12. The molecule has 2 rings (SSSR count). The van der Waals surface area contributed by atoms with Crippen molar-refractivity contribution in [3.63, 3.8) is 0 Å². The molecule has 4 atom stereocenters. The van der Waals surface area contributed by atoms with E-state index in [0.29, 0.717) is 5.57 Å². The number of ether oxygens (including phenoxy) is 2. The molecule has 0 amide bonds. The molecule has 5 heteroatoms. The molecule has 1 N–H and O–H groups in total. The normalized spacial score (nSPS) is 35.0. The van der Waals surface area contributed by atoms with Gasteiger partial charge in [-0.1, -0.05) is 24.3 Å². The summed E-state index contributed by atoms with van der Waals surface area (Å²) in [5.74, 6) is -1.66. The number of allylic oxidation sites excluding steroid dienone is 3. The Hall–Kier alpha value is -2.14. The van der Waals surface area contributed by atoms with E-state index in [2.05, 4.69) is 6.58 Å². The fourth-order valence-electron chi connectivity index (χ4n) is 3.10. The summed E-state index contributed by atoms with van der Waals surface area (Å²) in [4.78, 5) is 24.2. The zero-order chi connectivity index (χ0) is 18.7. The van der Waals surface area contributed by atoms with E-state index in [-0.39, 0.29) is 5.57 Å². The smallest absolute Gasteiger partial charge is 0.334 e. The van der Waals surface area contributed by atoms with E-state index in [9.17, 15) is 14.7 Å². The number of aliphatic hydroxyl groups is 1. The van der Waals surface area contributed by atoms with Gasteiger partial charge in [-0.3, -0.25) is 0 Å². The van der Waals surface area contributed by atoms with Crippen LogP contribution in [0.1, 0.15) is 40.5 Å². The van der Waals surface area contributed by atoms with Gasteiger partial charge in [-0.25, -0.2) is 9.59 Å². The van der Waals surface area contributed by atoms with Gasteiger partial charge in [0.15, 0.2) is 0 Å². The van der Waals surface area contributed by atoms with Gasteiger partial charge in [0.1, 0.15) is 18.3 Å². The largest absolute Gasteiger partial charge is 0.454 e. The van der Waals surface area contributed by atoms with Crippen molar-refractivity contribution in [2.45, 2.75) is 58.8 Å². The molecule has 0 unspecified atom stereocenters. The van der Waals surface area contributed by atoms with E-state index in [4.69, 9.17) is 9.47 Å². The van der Waals surface area contributed by atoms with Crippen molar-refractivity contribution in [2.24, 2.45) is 5.92 Å². The summed E-state index contributed by atoms with van der Waals surface area (Å²) in [6.45, 7) is 11.0. The van der Waals surface area contributed by atoms with Crippen LogP contribution >= 0.6 is 0 Å². The Kier molecular flexibility index (Phi) is 6.01. The molecular formula is C20H26O5. The van der Waals surface area contributed by atoms with E-state index in [1.807, 2.05) is 26.0 Å². The number of carbonyl (C=O) groups is 2. The first-order chi connectivity index (χ1) is 11.8. The van der Waals surface area contributed by atoms with Crippen LogP contribution in [0.25, 0.3) is 0 Å². The highest BCUT2D eigenvalue weighted by Crippen LogP contribution is 2.35. The lowest BCUT2D eigenvalue weighted by Crippen LogP contribution is -2.41. The van der Waals surface area contributed by atoms with Crippen molar-refractivity contribution in [3.8, 4) is 0 Å². The molecule has 0 saturated carbocycles. The van der Waals surface area contributed by atoms with E-state index < -0.39 is 36.2 Å². The number of esters is 2. The first-order valence-electron chi connectivity index (χ1n) is 8.52. The van der Waals surface area contributed by atoms with Gasteiger partial charge in [-0.15, -0.1) is 0 Å². The third-order valence-corrected chi connectivity index (χ3v) is 4.83. The molecule has 136 valence electrons. The van der Waals surface area contributed by atoms with Crippen LogP contribution in [0.3, 0.4) is 0 Å².